The van der Waals surface area contributed by atoms with Gasteiger partial charge in [-0.15, -0.1) is 0 Å². The third-order valence-electron chi connectivity index (χ3n) is 4.72. The van der Waals surface area contributed by atoms with Gasteiger partial charge in [-0.25, -0.2) is 12.8 Å². The second-order valence-corrected chi connectivity index (χ2v) is 8.90. The number of nitrogens with one attached hydrogen (secondary N) is 1. The molecule has 1 saturated heterocycles. The third kappa shape index (κ3) is 4.75. The number of halogens is 1. The molecule has 0 bridgehead atoms. The normalized spacial score (nSPS) is 17.2. The van der Waals surface area contributed by atoms with Crippen LogP contribution in [0.4, 0.5) is 10.1 Å². The molecule has 3 rings (SSSR count). The number of benzene rings is 2. The van der Waals surface area contributed by atoms with Gasteiger partial charge in [0.1, 0.15) is 5.82 Å². The molecule has 1 aliphatic rings. The number of hydrogen-bond acceptors (Lipinski definition) is 4. The fourth-order valence-corrected chi connectivity index (χ4v) is 3.81. The van der Waals surface area contributed by atoms with E-state index < -0.39 is 15.7 Å². The van der Waals surface area contributed by atoms with E-state index in [4.69, 9.17) is 0 Å². The van der Waals surface area contributed by atoms with Crippen LogP contribution in [0.5, 0.6) is 0 Å². The molecule has 2 aromatic carbocycles. The average molecular weight is 404 g/mol. The maximum atomic E-state index is 13.0. The van der Waals surface area contributed by atoms with Crippen molar-refractivity contribution in [2.75, 3.05) is 24.7 Å². The number of sulfone groups is 1. The monoisotopic (exact) mass is 404 g/mol. The van der Waals surface area contributed by atoms with Crippen LogP contribution in [-0.4, -0.2) is 44.5 Å². The van der Waals surface area contributed by atoms with Crippen molar-refractivity contribution in [3.63, 3.8) is 0 Å². The first-order valence-corrected chi connectivity index (χ1v) is 10.8. The van der Waals surface area contributed by atoms with Crippen LogP contribution in [0.1, 0.15) is 23.2 Å². The smallest absolute Gasteiger partial charge is 0.253 e. The highest BCUT2D eigenvalue weighted by Gasteiger charge is 2.29. The second-order valence-electron chi connectivity index (χ2n) is 6.88. The fraction of sp³-hybridized carbons (Fsp3) is 0.300. The number of amides is 2. The molecular weight excluding hydrogens is 383 g/mol. The molecule has 0 aromatic heterocycles. The molecule has 28 heavy (non-hydrogen) atoms. The molecule has 2 aromatic rings. The predicted octanol–water partition coefficient (Wildman–Crippen LogP) is 2.72. The summed E-state index contributed by atoms with van der Waals surface area (Å²) in [4.78, 5) is 27.0. The van der Waals surface area contributed by atoms with Gasteiger partial charge in [-0.3, -0.25) is 9.59 Å². The summed E-state index contributed by atoms with van der Waals surface area (Å²) in [7, 11) is -3.29. The summed E-state index contributed by atoms with van der Waals surface area (Å²) in [5, 5.41) is 2.78. The Hall–Kier alpha value is -2.74. The number of carbonyl (C=O) groups is 2. The van der Waals surface area contributed by atoms with Crippen molar-refractivity contribution in [3.05, 3.63) is 59.9 Å². The van der Waals surface area contributed by atoms with E-state index in [1.54, 1.807) is 17.0 Å². The predicted molar refractivity (Wildman–Crippen MR) is 103 cm³/mol. The van der Waals surface area contributed by atoms with Crippen molar-refractivity contribution in [2.45, 2.75) is 17.7 Å². The Morgan fingerprint density at radius 3 is 2.32 bits per heavy atom. The summed E-state index contributed by atoms with van der Waals surface area (Å²) >= 11 is 0. The molecule has 1 aliphatic heterocycles. The molecule has 1 atom stereocenters. The molecule has 1 fully saturated rings. The van der Waals surface area contributed by atoms with Crippen LogP contribution >= 0.6 is 0 Å². The summed E-state index contributed by atoms with van der Waals surface area (Å²) in [6.45, 7) is 0.826. The molecule has 0 radical (unpaired) electrons. The summed E-state index contributed by atoms with van der Waals surface area (Å²) in [5.74, 6) is -1.22. The van der Waals surface area contributed by atoms with E-state index >= 15 is 0 Å². The minimum Gasteiger partial charge on any atom is -0.338 e. The minimum atomic E-state index is -3.29. The molecular formula is C20H21FN2O4S. The van der Waals surface area contributed by atoms with Gasteiger partial charge < -0.3 is 10.2 Å². The Morgan fingerprint density at radius 2 is 1.71 bits per heavy atom. The lowest BCUT2D eigenvalue weighted by Gasteiger charge is -2.32. The van der Waals surface area contributed by atoms with Crippen molar-refractivity contribution in [1.29, 1.82) is 0 Å². The summed E-state index contributed by atoms with van der Waals surface area (Å²) in [6.07, 6.45) is 2.47. The average Bonchev–Trinajstić information content (AvgIpc) is 2.68. The van der Waals surface area contributed by atoms with E-state index in [9.17, 15) is 22.4 Å². The number of likely N-dealkylation sites (tertiary alicyclic amines) is 1. The van der Waals surface area contributed by atoms with Gasteiger partial charge in [-0.1, -0.05) is 0 Å². The van der Waals surface area contributed by atoms with Gasteiger partial charge in [0.05, 0.1) is 10.8 Å². The quantitative estimate of drug-likeness (QED) is 0.849. The lowest BCUT2D eigenvalue weighted by molar-refractivity contribution is -0.121. The van der Waals surface area contributed by atoms with Gasteiger partial charge in [0.25, 0.3) is 5.91 Å². The van der Waals surface area contributed by atoms with Gasteiger partial charge in [0.2, 0.25) is 5.91 Å². The van der Waals surface area contributed by atoms with Gasteiger partial charge in [-0.05, 0) is 61.4 Å². The Morgan fingerprint density at radius 1 is 1.07 bits per heavy atom. The van der Waals surface area contributed by atoms with E-state index in [0.29, 0.717) is 30.6 Å². The lowest BCUT2D eigenvalue weighted by atomic mass is 9.96. The molecule has 0 saturated carbocycles. The second kappa shape index (κ2) is 8.10. The van der Waals surface area contributed by atoms with Crippen molar-refractivity contribution < 1.29 is 22.4 Å². The largest absolute Gasteiger partial charge is 0.338 e. The van der Waals surface area contributed by atoms with Crippen LogP contribution in [-0.2, 0) is 14.6 Å². The van der Waals surface area contributed by atoms with Crippen LogP contribution in [0.3, 0.4) is 0 Å². The zero-order valence-corrected chi connectivity index (χ0v) is 16.2. The van der Waals surface area contributed by atoms with E-state index in [0.717, 1.165) is 6.26 Å². The SMILES string of the molecule is CS(=O)(=O)c1ccc(NC(=O)C2CCCN(C(=O)c3ccc(F)cc3)C2)cc1. The van der Waals surface area contributed by atoms with Crippen molar-refractivity contribution >= 4 is 27.3 Å². The molecule has 1 N–H and O–H groups in total. The van der Waals surface area contributed by atoms with Crippen molar-refractivity contribution in [2.24, 2.45) is 5.92 Å². The van der Waals surface area contributed by atoms with Gasteiger partial charge in [0, 0.05) is 30.6 Å². The summed E-state index contributed by atoms with van der Waals surface area (Å²) in [6, 6.07) is 11.3. The third-order valence-corrected chi connectivity index (χ3v) is 5.85. The maximum absolute atomic E-state index is 13.0. The van der Waals surface area contributed by atoms with Gasteiger partial charge >= 0.3 is 0 Å². The molecule has 2 amide bonds. The molecule has 0 spiro atoms. The molecule has 6 nitrogen and oxygen atoms in total. The standard InChI is InChI=1S/C20H21FN2O4S/c1-28(26,27)18-10-8-17(9-11-18)22-19(24)15-3-2-12-23(13-15)20(25)14-4-6-16(21)7-5-14/h4-11,15H,2-3,12-13H2,1H3,(H,22,24). The van der Waals surface area contributed by atoms with E-state index in [-0.39, 0.29) is 29.2 Å². The van der Waals surface area contributed by atoms with E-state index in [1.165, 1.54) is 36.4 Å². The van der Waals surface area contributed by atoms with E-state index in [1.807, 2.05) is 0 Å². The first kappa shape index (κ1) is 20.0. The van der Waals surface area contributed by atoms with Crippen molar-refractivity contribution in [3.8, 4) is 0 Å². The molecule has 148 valence electrons. The van der Waals surface area contributed by atoms with Crippen LogP contribution in [0.2, 0.25) is 0 Å². The number of carbonyl (C=O) groups excluding carboxylic acids is 2. The highest BCUT2D eigenvalue weighted by atomic mass is 32.2. The minimum absolute atomic E-state index is 0.180. The first-order chi connectivity index (χ1) is 13.2. The number of anilines is 1. The maximum Gasteiger partial charge on any atom is 0.253 e. The van der Waals surface area contributed by atoms with Gasteiger partial charge in [0.15, 0.2) is 9.84 Å². The summed E-state index contributed by atoms with van der Waals surface area (Å²) in [5.41, 5.74) is 0.887. The van der Waals surface area contributed by atoms with Crippen LogP contribution in [0.25, 0.3) is 0 Å². The van der Waals surface area contributed by atoms with Crippen molar-refractivity contribution in [1.82, 2.24) is 4.90 Å². The van der Waals surface area contributed by atoms with Crippen LogP contribution < -0.4 is 5.32 Å². The summed E-state index contributed by atoms with van der Waals surface area (Å²) < 4.78 is 36.1. The highest BCUT2D eigenvalue weighted by Crippen LogP contribution is 2.21. The van der Waals surface area contributed by atoms with Crippen LogP contribution in [0, 0.1) is 11.7 Å². The highest BCUT2D eigenvalue weighted by molar-refractivity contribution is 7.90. The van der Waals surface area contributed by atoms with Crippen LogP contribution in [0.15, 0.2) is 53.4 Å². The lowest BCUT2D eigenvalue weighted by Crippen LogP contribution is -2.43. The topological polar surface area (TPSA) is 83.6 Å². The Balaban J connectivity index is 1.64. The first-order valence-electron chi connectivity index (χ1n) is 8.90. The number of nitrogens with zero attached hydrogens (tertiary/aromatic N) is 1. The molecule has 8 heteroatoms. The Kier molecular flexibility index (Phi) is 5.79. The zero-order valence-electron chi connectivity index (χ0n) is 15.4. The molecule has 0 aliphatic carbocycles. The van der Waals surface area contributed by atoms with E-state index in [2.05, 4.69) is 5.32 Å². The number of rotatable bonds is 4. The fourth-order valence-electron chi connectivity index (χ4n) is 3.18. The molecule has 1 heterocycles. The number of piperidine rings is 1. The van der Waals surface area contributed by atoms with Gasteiger partial charge in [-0.2, -0.15) is 0 Å². The molecule has 1 unspecified atom stereocenters. The Labute approximate surface area is 163 Å². The Bertz CT molecular complexity index is 972. The number of hydrogen-bond donors (Lipinski definition) is 1. The zero-order chi connectivity index (χ0) is 20.3.